The fraction of sp³-hybridized carbons (Fsp3) is 0.500. The van der Waals surface area contributed by atoms with Gasteiger partial charge in [-0.1, -0.05) is 12.2 Å². The smallest absolute Gasteiger partial charge is 0.228 e. The molecule has 1 heterocycles. The Kier molecular flexibility index (Phi) is 3.70. The van der Waals surface area contributed by atoms with Gasteiger partial charge in [-0.15, -0.1) is 0 Å². The highest BCUT2D eigenvalue weighted by Gasteiger charge is 2.03. The van der Waals surface area contributed by atoms with Crippen LogP contribution in [0.3, 0.4) is 0 Å². The second-order valence-corrected chi connectivity index (χ2v) is 3.24. The molecule has 0 saturated carbocycles. The van der Waals surface area contributed by atoms with E-state index in [-0.39, 0.29) is 6.04 Å². The van der Waals surface area contributed by atoms with Gasteiger partial charge in [0.25, 0.3) is 0 Å². The second-order valence-electron chi connectivity index (χ2n) is 3.01. The fourth-order valence-corrected chi connectivity index (χ4v) is 0.985. The van der Waals surface area contributed by atoms with Gasteiger partial charge in [0.15, 0.2) is 5.82 Å². The normalized spacial score (nSPS) is 10.0. The zero-order chi connectivity index (χ0) is 10.6. The summed E-state index contributed by atoms with van der Waals surface area (Å²) in [5, 5.41) is 7.36. The number of nitrogens with one attached hydrogen (secondary N) is 2. The number of hydrogen-bond acceptors (Lipinski definition) is 6. The zero-order valence-electron chi connectivity index (χ0n) is 8.40. The number of hydrogen-bond donors (Lipinski definition) is 2. The van der Waals surface area contributed by atoms with E-state index >= 15 is 0 Å². The van der Waals surface area contributed by atoms with E-state index in [0.29, 0.717) is 17.7 Å². The molecule has 76 valence electrons. The minimum absolute atomic E-state index is 0.278. The third-order valence-corrected chi connectivity index (χ3v) is 1.61. The summed E-state index contributed by atoms with van der Waals surface area (Å²) < 4.78 is 0. The molecule has 1 aromatic rings. The van der Waals surface area contributed by atoms with E-state index in [1.807, 2.05) is 13.8 Å². The number of aromatic nitrogens is 3. The van der Waals surface area contributed by atoms with Gasteiger partial charge >= 0.3 is 0 Å². The maximum atomic E-state index is 4.77. The molecule has 0 aliphatic heterocycles. The van der Waals surface area contributed by atoms with Crippen molar-refractivity contribution < 1.29 is 0 Å². The van der Waals surface area contributed by atoms with Crippen molar-refractivity contribution >= 4 is 29.5 Å². The molecule has 6 heteroatoms. The van der Waals surface area contributed by atoms with Crippen molar-refractivity contribution in [2.45, 2.75) is 19.9 Å². The first-order valence-corrected chi connectivity index (χ1v) is 4.78. The van der Waals surface area contributed by atoms with Crippen molar-refractivity contribution in [3.63, 3.8) is 0 Å². The van der Waals surface area contributed by atoms with E-state index in [1.165, 1.54) is 5.37 Å². The van der Waals surface area contributed by atoms with Crippen LogP contribution in [0.4, 0.5) is 11.9 Å². The molecule has 5 nitrogen and oxygen atoms in total. The Morgan fingerprint density at radius 3 is 2.36 bits per heavy atom. The molecule has 0 aliphatic carbocycles. The fourth-order valence-electron chi connectivity index (χ4n) is 0.880. The van der Waals surface area contributed by atoms with E-state index in [9.17, 15) is 0 Å². The molecule has 0 radical (unpaired) electrons. The molecule has 0 unspecified atom stereocenters. The van der Waals surface area contributed by atoms with E-state index in [4.69, 9.17) is 12.2 Å². The lowest BCUT2D eigenvalue weighted by Crippen LogP contribution is -2.15. The number of anilines is 2. The largest absolute Gasteiger partial charge is 0.357 e. The summed E-state index contributed by atoms with van der Waals surface area (Å²) in [4.78, 5) is 12.3. The van der Waals surface area contributed by atoms with Gasteiger partial charge in [-0.2, -0.15) is 15.0 Å². The maximum Gasteiger partial charge on any atom is 0.228 e. The van der Waals surface area contributed by atoms with Crippen molar-refractivity contribution in [2.75, 3.05) is 17.7 Å². The predicted octanol–water partition coefficient (Wildman–Crippen LogP) is 1.08. The monoisotopic (exact) mass is 211 g/mol. The number of nitrogens with zero attached hydrogens (tertiary/aromatic N) is 3. The third-order valence-electron chi connectivity index (χ3n) is 1.40. The van der Waals surface area contributed by atoms with E-state index in [2.05, 4.69) is 25.6 Å². The average Bonchev–Trinajstić information content (AvgIpc) is 2.16. The summed E-state index contributed by atoms with van der Waals surface area (Å²) >= 11 is 4.77. The maximum absolute atomic E-state index is 4.77. The van der Waals surface area contributed by atoms with Gasteiger partial charge < -0.3 is 10.6 Å². The highest BCUT2D eigenvalue weighted by atomic mass is 32.1. The van der Waals surface area contributed by atoms with Crippen LogP contribution < -0.4 is 10.6 Å². The lowest BCUT2D eigenvalue weighted by molar-refractivity contribution is 0.866. The van der Waals surface area contributed by atoms with Gasteiger partial charge in [-0.05, 0) is 13.8 Å². The van der Waals surface area contributed by atoms with Crippen molar-refractivity contribution in [2.24, 2.45) is 0 Å². The molecule has 0 bridgehead atoms. The quantitative estimate of drug-likeness (QED) is 0.727. The number of rotatable bonds is 4. The minimum atomic E-state index is 0.278. The zero-order valence-corrected chi connectivity index (χ0v) is 9.22. The Bertz CT molecular complexity index is 326. The Balaban J connectivity index is 2.98. The Labute approximate surface area is 88.4 Å². The molecule has 0 aromatic carbocycles. The van der Waals surface area contributed by atoms with Gasteiger partial charge in [-0.3, -0.25) is 0 Å². The SMILES string of the molecule is CNc1nc(C=S)nc(NC(C)C)n1. The van der Waals surface area contributed by atoms with Crippen LogP contribution in [0, 0.1) is 0 Å². The second kappa shape index (κ2) is 4.80. The van der Waals surface area contributed by atoms with Crippen molar-refractivity contribution in [1.29, 1.82) is 0 Å². The Morgan fingerprint density at radius 2 is 1.86 bits per heavy atom. The first-order chi connectivity index (χ1) is 6.65. The van der Waals surface area contributed by atoms with Gasteiger partial charge in [0, 0.05) is 18.5 Å². The molecule has 0 saturated heterocycles. The lowest BCUT2D eigenvalue weighted by atomic mass is 10.4. The van der Waals surface area contributed by atoms with Crippen LogP contribution in [-0.2, 0) is 0 Å². The van der Waals surface area contributed by atoms with Crippen molar-refractivity contribution in [1.82, 2.24) is 15.0 Å². The van der Waals surface area contributed by atoms with Crippen LogP contribution in [0.2, 0.25) is 0 Å². The first kappa shape index (κ1) is 10.8. The molecule has 1 rings (SSSR count). The van der Waals surface area contributed by atoms with Crippen LogP contribution in [0.25, 0.3) is 0 Å². The molecule has 1 aromatic heterocycles. The summed E-state index contributed by atoms with van der Waals surface area (Å²) in [5.74, 6) is 1.54. The van der Waals surface area contributed by atoms with Gasteiger partial charge in [0.1, 0.15) is 0 Å². The van der Waals surface area contributed by atoms with Crippen LogP contribution >= 0.6 is 12.2 Å². The number of thiocarbonyl (C=S) groups is 1. The standard InChI is InChI=1S/C8H13N5S/c1-5(2)10-8-12-6(4-14)11-7(9-3)13-8/h4-5H,1-3H3,(H2,9,10,11,12,13). The summed E-state index contributed by atoms with van der Waals surface area (Å²) in [6.45, 7) is 4.03. The van der Waals surface area contributed by atoms with E-state index in [1.54, 1.807) is 7.05 Å². The van der Waals surface area contributed by atoms with Crippen LogP contribution in [0.5, 0.6) is 0 Å². The van der Waals surface area contributed by atoms with Gasteiger partial charge in [0.2, 0.25) is 11.9 Å². The molecule has 0 fully saturated rings. The van der Waals surface area contributed by atoms with Crippen molar-refractivity contribution in [3.05, 3.63) is 5.82 Å². The van der Waals surface area contributed by atoms with Crippen LogP contribution in [0.15, 0.2) is 0 Å². The molecular formula is C8H13N5S. The molecular weight excluding hydrogens is 198 g/mol. The lowest BCUT2D eigenvalue weighted by Gasteiger charge is -2.09. The minimum Gasteiger partial charge on any atom is -0.357 e. The molecule has 0 amide bonds. The molecule has 14 heavy (non-hydrogen) atoms. The van der Waals surface area contributed by atoms with Crippen LogP contribution in [-0.4, -0.2) is 33.4 Å². The average molecular weight is 211 g/mol. The Morgan fingerprint density at radius 1 is 1.21 bits per heavy atom. The molecule has 0 spiro atoms. The summed E-state index contributed by atoms with van der Waals surface area (Å²) in [7, 11) is 1.75. The highest BCUT2D eigenvalue weighted by Crippen LogP contribution is 2.04. The summed E-state index contributed by atoms with van der Waals surface area (Å²) in [6, 6.07) is 0.278. The summed E-state index contributed by atoms with van der Waals surface area (Å²) in [5.41, 5.74) is 0. The Hall–Kier alpha value is -1.30. The topological polar surface area (TPSA) is 62.7 Å². The van der Waals surface area contributed by atoms with E-state index in [0.717, 1.165) is 0 Å². The predicted molar refractivity (Wildman–Crippen MR) is 60.9 cm³/mol. The van der Waals surface area contributed by atoms with Crippen LogP contribution in [0.1, 0.15) is 19.7 Å². The highest BCUT2D eigenvalue weighted by molar-refractivity contribution is 7.79. The molecule has 2 N–H and O–H groups in total. The first-order valence-electron chi connectivity index (χ1n) is 4.31. The molecule has 0 atom stereocenters. The third kappa shape index (κ3) is 2.88. The van der Waals surface area contributed by atoms with E-state index < -0.39 is 0 Å². The summed E-state index contributed by atoms with van der Waals surface area (Å²) in [6.07, 6.45) is 0. The van der Waals surface area contributed by atoms with Gasteiger partial charge in [0.05, 0.1) is 0 Å². The molecule has 0 aliphatic rings. The van der Waals surface area contributed by atoms with Gasteiger partial charge in [-0.25, -0.2) is 0 Å². The van der Waals surface area contributed by atoms with Crippen molar-refractivity contribution in [3.8, 4) is 0 Å².